The van der Waals surface area contributed by atoms with Gasteiger partial charge in [0.15, 0.2) is 0 Å². The van der Waals surface area contributed by atoms with Gasteiger partial charge in [-0.15, -0.1) is 0 Å². The molecule has 1 rings (SSSR count). The maximum absolute atomic E-state index is 5.48. The van der Waals surface area contributed by atoms with Gasteiger partial charge in [0.25, 0.3) is 0 Å². The number of nitrogen functional groups attached to an aromatic ring is 1. The molecular formula is C13H25N5. The molecule has 0 spiro atoms. The number of hydrogen-bond acceptors (Lipinski definition) is 5. The highest BCUT2D eigenvalue weighted by molar-refractivity contribution is 5.57. The van der Waals surface area contributed by atoms with E-state index in [-0.39, 0.29) is 5.54 Å². The van der Waals surface area contributed by atoms with E-state index in [2.05, 4.69) is 41.5 Å². The van der Waals surface area contributed by atoms with Crippen molar-refractivity contribution >= 4 is 11.6 Å². The molecule has 1 heterocycles. The molecule has 102 valence electrons. The lowest BCUT2D eigenvalue weighted by Gasteiger charge is -2.33. The van der Waals surface area contributed by atoms with Crippen LogP contribution >= 0.6 is 0 Å². The summed E-state index contributed by atoms with van der Waals surface area (Å²) in [5.41, 5.74) is 3.68. The summed E-state index contributed by atoms with van der Waals surface area (Å²) in [6.07, 6.45) is 3.19. The second-order valence-electron chi connectivity index (χ2n) is 4.70. The number of nitrogens with zero attached hydrogens (tertiary/aromatic N) is 2. The van der Waals surface area contributed by atoms with Crippen LogP contribution in [0, 0.1) is 13.8 Å². The molecule has 5 nitrogen and oxygen atoms in total. The molecule has 0 bridgehead atoms. The van der Waals surface area contributed by atoms with Gasteiger partial charge in [-0.25, -0.2) is 15.8 Å². The fourth-order valence-corrected chi connectivity index (χ4v) is 2.16. The smallest absolute Gasteiger partial charge is 0.148 e. The average Bonchev–Trinajstić information content (AvgIpc) is 2.39. The van der Waals surface area contributed by atoms with Crippen molar-refractivity contribution in [1.82, 2.24) is 9.97 Å². The van der Waals surface area contributed by atoms with E-state index in [1.165, 1.54) is 0 Å². The van der Waals surface area contributed by atoms with Crippen molar-refractivity contribution in [3.8, 4) is 0 Å². The Morgan fingerprint density at radius 3 is 1.94 bits per heavy atom. The molecule has 0 aliphatic carbocycles. The largest absolute Gasteiger partial charge is 0.364 e. The van der Waals surface area contributed by atoms with Crippen LogP contribution in [-0.4, -0.2) is 15.5 Å². The first-order chi connectivity index (χ1) is 8.51. The number of anilines is 2. The molecule has 0 unspecified atom stereocenters. The zero-order valence-electron chi connectivity index (χ0n) is 12.1. The van der Waals surface area contributed by atoms with Gasteiger partial charge < -0.3 is 10.7 Å². The number of nitrogens with one attached hydrogen (secondary N) is 2. The summed E-state index contributed by atoms with van der Waals surface area (Å²) in [7, 11) is 0. The molecule has 0 aromatic carbocycles. The SMILES string of the molecule is CCC(CC)(CC)Nc1nc(C)nc(NN)c1C. The Morgan fingerprint density at radius 2 is 1.50 bits per heavy atom. The van der Waals surface area contributed by atoms with Crippen LogP contribution in [0.25, 0.3) is 0 Å². The molecule has 5 heteroatoms. The third-order valence-electron chi connectivity index (χ3n) is 3.81. The van der Waals surface area contributed by atoms with Gasteiger partial charge in [0.2, 0.25) is 0 Å². The molecule has 0 radical (unpaired) electrons. The highest BCUT2D eigenvalue weighted by Gasteiger charge is 2.25. The molecule has 1 aromatic heterocycles. The van der Waals surface area contributed by atoms with E-state index in [1.807, 2.05) is 13.8 Å². The number of aryl methyl sites for hydroxylation is 1. The number of hydrazine groups is 1. The molecule has 0 aliphatic heterocycles. The minimum atomic E-state index is 0.0947. The first kappa shape index (κ1) is 14.7. The second kappa shape index (κ2) is 6.00. The van der Waals surface area contributed by atoms with Crippen molar-refractivity contribution < 1.29 is 0 Å². The minimum absolute atomic E-state index is 0.0947. The number of aromatic nitrogens is 2. The van der Waals surface area contributed by atoms with Gasteiger partial charge in [0, 0.05) is 11.1 Å². The normalized spacial score (nSPS) is 11.4. The summed E-state index contributed by atoms with van der Waals surface area (Å²) in [4.78, 5) is 8.76. The van der Waals surface area contributed by atoms with Gasteiger partial charge in [-0.2, -0.15) is 0 Å². The highest BCUT2D eigenvalue weighted by Crippen LogP contribution is 2.28. The molecule has 0 saturated heterocycles. The lowest BCUT2D eigenvalue weighted by atomic mass is 9.89. The van der Waals surface area contributed by atoms with Crippen molar-refractivity contribution in [2.75, 3.05) is 10.7 Å². The van der Waals surface area contributed by atoms with Crippen LogP contribution in [-0.2, 0) is 0 Å². The zero-order valence-corrected chi connectivity index (χ0v) is 12.1. The lowest BCUT2D eigenvalue weighted by molar-refractivity contribution is 0.418. The first-order valence-corrected chi connectivity index (χ1v) is 6.62. The number of nitrogens with two attached hydrogens (primary N) is 1. The monoisotopic (exact) mass is 251 g/mol. The predicted octanol–water partition coefficient (Wildman–Crippen LogP) is 2.76. The summed E-state index contributed by atoms with van der Waals surface area (Å²) in [5, 5.41) is 3.58. The van der Waals surface area contributed by atoms with E-state index in [1.54, 1.807) is 0 Å². The maximum atomic E-state index is 5.48. The topological polar surface area (TPSA) is 75.9 Å². The zero-order chi connectivity index (χ0) is 13.8. The van der Waals surface area contributed by atoms with Crippen LogP contribution < -0.4 is 16.6 Å². The standard InChI is InChI=1S/C13H25N5/c1-6-13(7-2,8-3)17-11-9(4)12(18-14)16-10(5)15-11/h6-8,14H2,1-5H3,(H2,15,16,17,18). The van der Waals surface area contributed by atoms with Crippen LogP contribution in [0.2, 0.25) is 0 Å². The molecule has 1 aromatic rings. The van der Waals surface area contributed by atoms with Crippen molar-refractivity contribution in [1.29, 1.82) is 0 Å². The summed E-state index contributed by atoms with van der Waals surface area (Å²) >= 11 is 0. The quantitative estimate of drug-likeness (QED) is 0.535. The molecule has 18 heavy (non-hydrogen) atoms. The number of rotatable bonds is 6. The molecule has 0 fully saturated rings. The third-order valence-corrected chi connectivity index (χ3v) is 3.81. The summed E-state index contributed by atoms with van der Waals surface area (Å²) in [6.45, 7) is 10.4. The predicted molar refractivity (Wildman–Crippen MR) is 76.5 cm³/mol. The molecule has 0 atom stereocenters. The van der Waals surface area contributed by atoms with E-state index in [0.717, 1.165) is 30.6 Å². The molecule has 0 aliphatic rings. The Hall–Kier alpha value is -1.36. The highest BCUT2D eigenvalue weighted by atomic mass is 15.3. The summed E-state index contributed by atoms with van der Waals surface area (Å²) in [6, 6.07) is 0. The summed E-state index contributed by atoms with van der Waals surface area (Å²) in [5.74, 6) is 7.76. The van der Waals surface area contributed by atoms with Gasteiger partial charge in [0.05, 0.1) is 0 Å². The third kappa shape index (κ3) is 2.90. The molecule has 0 amide bonds. The Labute approximate surface area is 110 Å². The van der Waals surface area contributed by atoms with E-state index in [4.69, 9.17) is 5.84 Å². The summed E-state index contributed by atoms with van der Waals surface area (Å²) < 4.78 is 0. The first-order valence-electron chi connectivity index (χ1n) is 6.62. The van der Waals surface area contributed by atoms with Gasteiger partial charge in [0.1, 0.15) is 17.5 Å². The van der Waals surface area contributed by atoms with E-state index >= 15 is 0 Å². The molecule has 0 saturated carbocycles. The van der Waals surface area contributed by atoms with Crippen LogP contribution in [0.3, 0.4) is 0 Å². The van der Waals surface area contributed by atoms with Crippen LogP contribution in [0.1, 0.15) is 51.4 Å². The van der Waals surface area contributed by atoms with Crippen molar-refractivity contribution in [3.05, 3.63) is 11.4 Å². The van der Waals surface area contributed by atoms with Crippen molar-refractivity contribution in [3.63, 3.8) is 0 Å². The molecule has 4 N–H and O–H groups in total. The van der Waals surface area contributed by atoms with Crippen LogP contribution in [0.5, 0.6) is 0 Å². The second-order valence-corrected chi connectivity index (χ2v) is 4.70. The lowest BCUT2D eigenvalue weighted by Crippen LogP contribution is -2.37. The van der Waals surface area contributed by atoms with Gasteiger partial charge >= 0.3 is 0 Å². The van der Waals surface area contributed by atoms with Crippen LogP contribution in [0.4, 0.5) is 11.6 Å². The van der Waals surface area contributed by atoms with E-state index in [9.17, 15) is 0 Å². The molecular weight excluding hydrogens is 226 g/mol. The van der Waals surface area contributed by atoms with Crippen LogP contribution in [0.15, 0.2) is 0 Å². The van der Waals surface area contributed by atoms with Crippen molar-refractivity contribution in [2.24, 2.45) is 5.84 Å². The minimum Gasteiger partial charge on any atom is -0.364 e. The average molecular weight is 251 g/mol. The Bertz CT molecular complexity index is 390. The van der Waals surface area contributed by atoms with Gasteiger partial charge in [-0.05, 0) is 33.1 Å². The Kier molecular flexibility index (Phi) is 4.90. The number of hydrogen-bond donors (Lipinski definition) is 3. The van der Waals surface area contributed by atoms with E-state index < -0.39 is 0 Å². The van der Waals surface area contributed by atoms with E-state index in [0.29, 0.717) is 11.6 Å². The van der Waals surface area contributed by atoms with Crippen molar-refractivity contribution in [2.45, 2.75) is 59.4 Å². The fraction of sp³-hybridized carbons (Fsp3) is 0.692. The van der Waals surface area contributed by atoms with Gasteiger partial charge in [-0.3, -0.25) is 0 Å². The Balaban J connectivity index is 3.13. The maximum Gasteiger partial charge on any atom is 0.148 e. The fourth-order valence-electron chi connectivity index (χ4n) is 2.16. The van der Waals surface area contributed by atoms with Gasteiger partial charge in [-0.1, -0.05) is 20.8 Å². The Morgan fingerprint density at radius 1 is 1.00 bits per heavy atom.